The maximum Gasteiger partial charge on any atom is 0.249 e. The molecule has 0 aliphatic carbocycles. The number of primary amides is 1. The summed E-state index contributed by atoms with van der Waals surface area (Å²) < 4.78 is 27.3. The van der Waals surface area contributed by atoms with E-state index in [9.17, 15) is 23.5 Å². The molecule has 1 fully saturated rings. The molecular weight excluding hydrogens is 404 g/mol. The quantitative estimate of drug-likeness (QED) is 0.584. The fourth-order valence-electron chi connectivity index (χ4n) is 4.11. The zero-order valence-electron chi connectivity index (χ0n) is 16.8. The standard InChI is InChI=1S/C23H23F2N3O3/c24-15-3-1-14(2-4-15)21-17(18-13-16(25)5-7-19(18)27-21)6-8-20(29)28-11-9-23(31,10-12-28)22(26)30/h1-5,7,13,27,31H,6,8-12H2,(H2,26,30). The first-order valence-corrected chi connectivity index (χ1v) is 10.1. The van der Waals surface area contributed by atoms with Crippen LogP contribution in [0.3, 0.4) is 0 Å². The molecule has 6 nitrogen and oxygen atoms in total. The molecule has 2 aromatic carbocycles. The lowest BCUT2D eigenvalue weighted by atomic mass is 9.90. The van der Waals surface area contributed by atoms with Crippen LogP contribution in [0.15, 0.2) is 42.5 Å². The number of amides is 2. The second-order valence-electron chi connectivity index (χ2n) is 7.95. The van der Waals surface area contributed by atoms with E-state index in [1.807, 2.05) is 0 Å². The van der Waals surface area contributed by atoms with E-state index in [0.29, 0.717) is 11.8 Å². The van der Waals surface area contributed by atoms with Gasteiger partial charge >= 0.3 is 0 Å². The van der Waals surface area contributed by atoms with Crippen molar-refractivity contribution in [1.82, 2.24) is 9.88 Å². The van der Waals surface area contributed by atoms with Crippen molar-refractivity contribution in [2.75, 3.05) is 13.1 Å². The van der Waals surface area contributed by atoms with E-state index in [1.54, 1.807) is 23.1 Å². The van der Waals surface area contributed by atoms with Crippen molar-refractivity contribution < 1.29 is 23.5 Å². The molecule has 31 heavy (non-hydrogen) atoms. The average Bonchev–Trinajstić information content (AvgIpc) is 3.10. The van der Waals surface area contributed by atoms with Crippen LogP contribution < -0.4 is 5.73 Å². The third kappa shape index (κ3) is 4.16. The van der Waals surface area contributed by atoms with Crippen molar-refractivity contribution in [3.63, 3.8) is 0 Å². The Kier molecular flexibility index (Phi) is 5.49. The summed E-state index contributed by atoms with van der Waals surface area (Å²) in [6, 6.07) is 10.4. The fraction of sp³-hybridized carbons (Fsp3) is 0.304. The second-order valence-corrected chi connectivity index (χ2v) is 7.95. The lowest BCUT2D eigenvalue weighted by molar-refractivity contribution is -0.146. The molecule has 0 atom stereocenters. The number of H-pyrrole nitrogens is 1. The van der Waals surface area contributed by atoms with Crippen LogP contribution in [0.5, 0.6) is 0 Å². The molecular formula is C23H23F2N3O3. The number of carbonyl (C=O) groups is 2. The molecule has 2 heterocycles. The molecule has 0 unspecified atom stereocenters. The molecule has 4 N–H and O–H groups in total. The highest BCUT2D eigenvalue weighted by Gasteiger charge is 2.38. The Morgan fingerprint density at radius 2 is 1.71 bits per heavy atom. The third-order valence-electron chi connectivity index (χ3n) is 5.99. The van der Waals surface area contributed by atoms with Crippen LogP contribution in [0, 0.1) is 11.6 Å². The first-order chi connectivity index (χ1) is 14.8. The number of aliphatic hydroxyl groups is 1. The van der Waals surface area contributed by atoms with Crippen molar-refractivity contribution >= 4 is 22.7 Å². The van der Waals surface area contributed by atoms with Gasteiger partial charge in [-0.15, -0.1) is 0 Å². The van der Waals surface area contributed by atoms with Crippen molar-refractivity contribution in [3.8, 4) is 11.3 Å². The summed E-state index contributed by atoms with van der Waals surface area (Å²) >= 11 is 0. The largest absolute Gasteiger partial charge is 0.380 e. The number of benzene rings is 2. The topological polar surface area (TPSA) is 99.4 Å². The van der Waals surface area contributed by atoms with E-state index < -0.39 is 11.5 Å². The predicted octanol–water partition coefficient (Wildman–Crippen LogP) is 2.88. The minimum absolute atomic E-state index is 0.104. The highest BCUT2D eigenvalue weighted by Crippen LogP contribution is 2.32. The molecule has 162 valence electrons. The van der Waals surface area contributed by atoms with E-state index in [0.717, 1.165) is 22.3 Å². The predicted molar refractivity (Wildman–Crippen MR) is 112 cm³/mol. The number of likely N-dealkylation sites (tertiary alicyclic amines) is 1. The zero-order chi connectivity index (χ0) is 22.2. The van der Waals surface area contributed by atoms with Crippen molar-refractivity contribution in [2.24, 2.45) is 5.73 Å². The highest BCUT2D eigenvalue weighted by atomic mass is 19.1. The number of hydrogen-bond acceptors (Lipinski definition) is 3. The van der Waals surface area contributed by atoms with Gasteiger partial charge in [0.1, 0.15) is 17.2 Å². The lowest BCUT2D eigenvalue weighted by Gasteiger charge is -2.36. The lowest BCUT2D eigenvalue weighted by Crippen LogP contribution is -2.53. The Morgan fingerprint density at radius 3 is 2.35 bits per heavy atom. The second kappa shape index (κ2) is 8.11. The Morgan fingerprint density at radius 1 is 1.06 bits per heavy atom. The summed E-state index contributed by atoms with van der Waals surface area (Å²) in [4.78, 5) is 29.0. The fourth-order valence-corrected chi connectivity index (χ4v) is 4.11. The van der Waals surface area contributed by atoms with Gasteiger partial charge in [0, 0.05) is 48.9 Å². The molecule has 2 amide bonds. The molecule has 4 rings (SSSR count). The van der Waals surface area contributed by atoms with Crippen LogP contribution in [0.2, 0.25) is 0 Å². The molecule has 8 heteroatoms. The molecule has 3 aromatic rings. The summed E-state index contributed by atoms with van der Waals surface area (Å²) in [5, 5.41) is 10.9. The molecule has 1 aliphatic heterocycles. The van der Waals surface area contributed by atoms with Crippen molar-refractivity contribution in [3.05, 3.63) is 59.7 Å². The zero-order valence-corrected chi connectivity index (χ0v) is 16.8. The van der Waals surface area contributed by atoms with E-state index in [4.69, 9.17) is 5.73 Å². The number of nitrogens with one attached hydrogen (secondary N) is 1. The minimum atomic E-state index is -1.57. The molecule has 1 aromatic heterocycles. The van der Waals surface area contributed by atoms with E-state index in [-0.39, 0.29) is 49.9 Å². The average molecular weight is 427 g/mol. The summed E-state index contributed by atoms with van der Waals surface area (Å²) in [5.41, 5.74) is 6.64. The van der Waals surface area contributed by atoms with Crippen LogP contribution in [0.4, 0.5) is 8.78 Å². The van der Waals surface area contributed by atoms with Gasteiger partial charge in [0.2, 0.25) is 11.8 Å². The molecule has 0 saturated carbocycles. The highest BCUT2D eigenvalue weighted by molar-refractivity contribution is 5.91. The van der Waals surface area contributed by atoms with Crippen LogP contribution in [-0.4, -0.2) is 45.5 Å². The number of halogens is 2. The van der Waals surface area contributed by atoms with Crippen LogP contribution in [0.1, 0.15) is 24.8 Å². The first-order valence-electron chi connectivity index (χ1n) is 10.1. The van der Waals surface area contributed by atoms with Gasteiger partial charge in [0.25, 0.3) is 0 Å². The van der Waals surface area contributed by atoms with Gasteiger partial charge in [-0.3, -0.25) is 9.59 Å². The first kappa shape index (κ1) is 21.0. The van der Waals surface area contributed by atoms with E-state index >= 15 is 0 Å². The molecule has 0 spiro atoms. The molecule has 1 saturated heterocycles. The van der Waals surface area contributed by atoms with Gasteiger partial charge in [0.15, 0.2) is 0 Å². The van der Waals surface area contributed by atoms with Gasteiger partial charge in [-0.25, -0.2) is 8.78 Å². The van der Waals surface area contributed by atoms with Gasteiger partial charge in [-0.1, -0.05) is 0 Å². The number of aromatic amines is 1. The number of nitrogens with two attached hydrogens (primary N) is 1. The number of piperidine rings is 1. The minimum Gasteiger partial charge on any atom is -0.380 e. The van der Waals surface area contributed by atoms with Crippen LogP contribution in [-0.2, 0) is 16.0 Å². The SMILES string of the molecule is NC(=O)C1(O)CCN(C(=O)CCc2c(-c3ccc(F)cc3)[nH]c3ccc(F)cc23)CC1. The number of nitrogens with zero attached hydrogens (tertiary/aromatic N) is 1. The Balaban J connectivity index is 1.56. The smallest absolute Gasteiger partial charge is 0.249 e. The number of aromatic nitrogens is 1. The number of rotatable bonds is 5. The number of aryl methyl sites for hydroxylation is 1. The Bertz CT molecular complexity index is 1130. The summed E-state index contributed by atoms with van der Waals surface area (Å²) in [6.45, 7) is 0.483. The summed E-state index contributed by atoms with van der Waals surface area (Å²) in [6.07, 6.45) is 0.735. The van der Waals surface area contributed by atoms with Crippen molar-refractivity contribution in [2.45, 2.75) is 31.3 Å². The summed E-state index contributed by atoms with van der Waals surface area (Å²) in [5.74, 6) is -1.64. The van der Waals surface area contributed by atoms with Gasteiger partial charge in [-0.05, 0) is 60.0 Å². The summed E-state index contributed by atoms with van der Waals surface area (Å²) in [7, 11) is 0. The molecule has 0 bridgehead atoms. The number of carbonyl (C=O) groups excluding carboxylic acids is 2. The normalized spacial score (nSPS) is 15.9. The maximum absolute atomic E-state index is 13.9. The van der Waals surface area contributed by atoms with Crippen LogP contribution >= 0.6 is 0 Å². The monoisotopic (exact) mass is 427 g/mol. The molecule has 1 aliphatic rings. The Hall–Kier alpha value is -3.26. The third-order valence-corrected chi connectivity index (χ3v) is 5.99. The van der Waals surface area contributed by atoms with E-state index in [1.165, 1.54) is 24.3 Å². The number of fused-ring (bicyclic) bond motifs is 1. The molecule has 0 radical (unpaired) electrons. The maximum atomic E-state index is 13.9. The van der Waals surface area contributed by atoms with Crippen molar-refractivity contribution in [1.29, 1.82) is 0 Å². The number of hydrogen-bond donors (Lipinski definition) is 3. The van der Waals surface area contributed by atoms with Gasteiger partial charge < -0.3 is 20.7 Å². The Labute approximate surface area is 177 Å². The van der Waals surface area contributed by atoms with E-state index in [2.05, 4.69) is 4.98 Å². The van der Waals surface area contributed by atoms with Crippen LogP contribution in [0.25, 0.3) is 22.2 Å². The van der Waals surface area contributed by atoms with Gasteiger partial charge in [0.05, 0.1) is 0 Å². The van der Waals surface area contributed by atoms with Gasteiger partial charge in [-0.2, -0.15) is 0 Å².